The van der Waals surface area contributed by atoms with Gasteiger partial charge in [-0.05, 0) is 36.8 Å². The maximum Gasteiger partial charge on any atom is 0.0578 e. The molecular weight excluding hydrogens is 230 g/mol. The summed E-state index contributed by atoms with van der Waals surface area (Å²) in [5.74, 6) is 0.870. The monoisotopic (exact) mass is 251 g/mol. The molecule has 2 aromatic carbocycles. The summed E-state index contributed by atoms with van der Waals surface area (Å²) >= 11 is 0. The van der Waals surface area contributed by atoms with Crippen molar-refractivity contribution in [1.82, 2.24) is 5.32 Å². The molecule has 1 N–H and O–H groups in total. The van der Waals surface area contributed by atoms with Crippen LogP contribution in [0.2, 0.25) is 0 Å². The van der Waals surface area contributed by atoms with E-state index in [-0.39, 0.29) is 0 Å². The van der Waals surface area contributed by atoms with E-state index in [0.717, 1.165) is 5.92 Å². The van der Waals surface area contributed by atoms with Crippen LogP contribution < -0.4 is 5.32 Å². The largest absolute Gasteiger partial charge is 0.303 e. The molecule has 1 aliphatic rings. The van der Waals surface area contributed by atoms with Crippen molar-refractivity contribution >= 4 is 0 Å². The molecule has 0 aromatic heterocycles. The molecule has 1 atom stereocenters. The third-order valence-electron chi connectivity index (χ3n) is 4.02. The summed E-state index contributed by atoms with van der Waals surface area (Å²) in [7, 11) is 0. The highest BCUT2D eigenvalue weighted by Crippen LogP contribution is 2.34. The molecule has 98 valence electrons. The topological polar surface area (TPSA) is 12.0 Å². The van der Waals surface area contributed by atoms with Crippen LogP contribution in [0.25, 0.3) is 0 Å². The number of rotatable bonds is 5. The van der Waals surface area contributed by atoms with Gasteiger partial charge in [-0.3, -0.25) is 0 Å². The molecule has 1 aliphatic carbocycles. The second-order valence-corrected chi connectivity index (χ2v) is 5.55. The molecule has 1 saturated carbocycles. The molecule has 0 amide bonds. The highest BCUT2D eigenvalue weighted by Gasteiger charge is 2.29. The fraction of sp³-hybridized carbons (Fsp3) is 0.333. The minimum atomic E-state index is 0.304. The van der Waals surface area contributed by atoms with Gasteiger partial charge in [-0.15, -0.1) is 0 Å². The Balaban J connectivity index is 1.87. The SMILES string of the molecule is CC(NC(c1ccccc1)c1ccccc1)C1CC1. The predicted octanol–water partition coefficient (Wildman–Crippen LogP) is 4.16. The highest BCUT2D eigenvalue weighted by molar-refractivity contribution is 5.31. The van der Waals surface area contributed by atoms with Gasteiger partial charge in [-0.25, -0.2) is 0 Å². The molecular formula is C18H21N. The van der Waals surface area contributed by atoms with Crippen molar-refractivity contribution in [3.8, 4) is 0 Å². The Bertz CT molecular complexity index is 462. The molecule has 0 spiro atoms. The van der Waals surface area contributed by atoms with Crippen molar-refractivity contribution in [1.29, 1.82) is 0 Å². The molecule has 19 heavy (non-hydrogen) atoms. The van der Waals surface area contributed by atoms with E-state index in [4.69, 9.17) is 0 Å². The summed E-state index contributed by atoms with van der Waals surface area (Å²) in [5, 5.41) is 3.81. The maximum atomic E-state index is 3.81. The standard InChI is InChI=1S/C18H21N/c1-14(15-12-13-15)19-18(16-8-4-2-5-9-16)17-10-6-3-7-11-17/h2-11,14-15,18-19H,12-13H2,1H3. The Labute approximate surface area is 115 Å². The van der Waals surface area contributed by atoms with E-state index in [1.165, 1.54) is 24.0 Å². The molecule has 2 aromatic rings. The zero-order valence-corrected chi connectivity index (χ0v) is 11.4. The van der Waals surface area contributed by atoms with Crippen LogP contribution in [0, 0.1) is 5.92 Å². The first kappa shape index (κ1) is 12.4. The van der Waals surface area contributed by atoms with Gasteiger partial charge in [-0.2, -0.15) is 0 Å². The van der Waals surface area contributed by atoms with Crippen LogP contribution in [0.5, 0.6) is 0 Å². The van der Waals surface area contributed by atoms with Gasteiger partial charge in [-0.1, -0.05) is 60.7 Å². The van der Waals surface area contributed by atoms with Crippen LogP contribution in [0.3, 0.4) is 0 Å². The van der Waals surface area contributed by atoms with Crippen LogP contribution >= 0.6 is 0 Å². The second-order valence-electron chi connectivity index (χ2n) is 5.55. The van der Waals surface area contributed by atoms with E-state index in [2.05, 4.69) is 72.9 Å². The van der Waals surface area contributed by atoms with E-state index in [1.54, 1.807) is 0 Å². The van der Waals surface area contributed by atoms with E-state index >= 15 is 0 Å². The van der Waals surface area contributed by atoms with Crippen LogP contribution in [0.4, 0.5) is 0 Å². The van der Waals surface area contributed by atoms with E-state index in [1.807, 2.05) is 0 Å². The Kier molecular flexibility index (Phi) is 3.65. The van der Waals surface area contributed by atoms with Crippen molar-refractivity contribution in [3.05, 3.63) is 71.8 Å². The molecule has 0 heterocycles. The van der Waals surface area contributed by atoms with Crippen LogP contribution in [0.15, 0.2) is 60.7 Å². The minimum Gasteiger partial charge on any atom is -0.303 e. The lowest BCUT2D eigenvalue weighted by Crippen LogP contribution is -2.32. The molecule has 3 rings (SSSR count). The van der Waals surface area contributed by atoms with Crippen LogP contribution in [0.1, 0.15) is 36.9 Å². The molecule has 1 nitrogen and oxygen atoms in total. The van der Waals surface area contributed by atoms with E-state index in [0.29, 0.717) is 12.1 Å². The maximum absolute atomic E-state index is 3.81. The first-order chi connectivity index (χ1) is 9.34. The first-order valence-corrected chi connectivity index (χ1v) is 7.20. The zero-order valence-electron chi connectivity index (χ0n) is 11.4. The fourth-order valence-electron chi connectivity index (χ4n) is 2.67. The van der Waals surface area contributed by atoms with Gasteiger partial charge in [0.25, 0.3) is 0 Å². The predicted molar refractivity (Wildman–Crippen MR) is 80.0 cm³/mol. The number of benzene rings is 2. The molecule has 0 bridgehead atoms. The lowest BCUT2D eigenvalue weighted by Gasteiger charge is -2.24. The lowest BCUT2D eigenvalue weighted by molar-refractivity contribution is 0.457. The Morgan fingerprint density at radius 3 is 1.74 bits per heavy atom. The number of nitrogens with one attached hydrogen (secondary N) is 1. The van der Waals surface area contributed by atoms with Crippen molar-refractivity contribution < 1.29 is 0 Å². The average molecular weight is 251 g/mol. The summed E-state index contributed by atoms with van der Waals surface area (Å²) in [5.41, 5.74) is 2.70. The third kappa shape index (κ3) is 3.05. The fourth-order valence-corrected chi connectivity index (χ4v) is 2.67. The summed E-state index contributed by atoms with van der Waals surface area (Å²) in [6.07, 6.45) is 2.76. The first-order valence-electron chi connectivity index (χ1n) is 7.20. The van der Waals surface area contributed by atoms with Crippen molar-refractivity contribution in [3.63, 3.8) is 0 Å². The lowest BCUT2D eigenvalue weighted by atomic mass is 9.97. The average Bonchev–Trinajstić information content (AvgIpc) is 3.31. The van der Waals surface area contributed by atoms with Crippen molar-refractivity contribution in [2.45, 2.75) is 31.8 Å². The Hall–Kier alpha value is -1.60. The van der Waals surface area contributed by atoms with Gasteiger partial charge in [0.1, 0.15) is 0 Å². The highest BCUT2D eigenvalue weighted by atomic mass is 15.0. The van der Waals surface area contributed by atoms with Gasteiger partial charge in [0, 0.05) is 6.04 Å². The van der Waals surface area contributed by atoms with Gasteiger partial charge in [0.05, 0.1) is 6.04 Å². The molecule has 1 heteroatoms. The smallest absolute Gasteiger partial charge is 0.0578 e. The zero-order chi connectivity index (χ0) is 13.1. The van der Waals surface area contributed by atoms with Crippen molar-refractivity contribution in [2.24, 2.45) is 5.92 Å². The quantitative estimate of drug-likeness (QED) is 0.841. The van der Waals surface area contributed by atoms with Gasteiger partial charge in [0.2, 0.25) is 0 Å². The van der Waals surface area contributed by atoms with Gasteiger partial charge < -0.3 is 5.32 Å². The Morgan fingerprint density at radius 1 is 0.842 bits per heavy atom. The summed E-state index contributed by atoms with van der Waals surface area (Å²) in [4.78, 5) is 0. The number of hydrogen-bond donors (Lipinski definition) is 1. The summed E-state index contributed by atoms with van der Waals surface area (Å²) in [6.45, 7) is 2.32. The molecule has 0 radical (unpaired) electrons. The van der Waals surface area contributed by atoms with Crippen LogP contribution in [-0.4, -0.2) is 6.04 Å². The van der Waals surface area contributed by atoms with Crippen LogP contribution in [-0.2, 0) is 0 Å². The molecule has 0 aliphatic heterocycles. The number of hydrogen-bond acceptors (Lipinski definition) is 1. The normalized spacial score (nSPS) is 16.5. The third-order valence-corrected chi connectivity index (χ3v) is 4.02. The molecule has 0 saturated heterocycles. The van der Waals surface area contributed by atoms with E-state index in [9.17, 15) is 0 Å². The Morgan fingerprint density at radius 2 is 1.32 bits per heavy atom. The molecule has 1 fully saturated rings. The van der Waals surface area contributed by atoms with Gasteiger partial charge >= 0.3 is 0 Å². The van der Waals surface area contributed by atoms with Crippen molar-refractivity contribution in [2.75, 3.05) is 0 Å². The second kappa shape index (κ2) is 5.58. The molecule has 1 unspecified atom stereocenters. The minimum absolute atomic E-state index is 0.304. The van der Waals surface area contributed by atoms with Gasteiger partial charge in [0.15, 0.2) is 0 Å². The summed E-state index contributed by atoms with van der Waals surface area (Å²) < 4.78 is 0. The summed E-state index contributed by atoms with van der Waals surface area (Å²) in [6, 6.07) is 22.4. The van der Waals surface area contributed by atoms with E-state index < -0.39 is 0 Å².